The Balaban J connectivity index is 1.28. The summed E-state index contributed by atoms with van der Waals surface area (Å²) >= 11 is 0. The van der Waals surface area contributed by atoms with Gasteiger partial charge in [0.05, 0.1) is 5.39 Å². The second kappa shape index (κ2) is 11.7. The number of hydrogen-bond acceptors (Lipinski definition) is 6. The number of rotatable bonds is 6. The molecule has 3 heterocycles. The van der Waals surface area contributed by atoms with Crippen LogP contribution in [0.2, 0.25) is 0 Å². The SMILES string of the molecule is BC(B)(B)N1C(B)(B)C(B)(B)N([C@H]2CC[C@@H](n3cc(-c4ccc(Oc5ccccc5)cc4)c4c(N)ncnc43)CC2)C(B)(B)C1(B)B. The van der Waals surface area contributed by atoms with Gasteiger partial charge in [0, 0.05) is 23.8 Å². The summed E-state index contributed by atoms with van der Waals surface area (Å²) in [5.41, 5.74) is 9.60. The van der Waals surface area contributed by atoms with Crippen molar-refractivity contribution in [1.82, 2.24) is 24.3 Å². The van der Waals surface area contributed by atoms with E-state index in [2.05, 4.69) is 124 Å². The molecule has 7 nitrogen and oxygen atoms in total. The third-order valence-electron chi connectivity index (χ3n) is 12.2. The smallest absolute Gasteiger partial charge is 0.146 e. The third kappa shape index (κ3) is 5.55. The van der Waals surface area contributed by atoms with Gasteiger partial charge >= 0.3 is 0 Å². The molecule has 47 heavy (non-hydrogen) atoms. The van der Waals surface area contributed by atoms with E-state index >= 15 is 0 Å². The van der Waals surface area contributed by atoms with Gasteiger partial charge in [-0.15, -0.1) is 0 Å². The first kappa shape index (κ1) is 34.2. The number of piperazine rings is 1. The zero-order chi connectivity index (χ0) is 34.2. The Bertz CT molecular complexity index is 1730. The van der Waals surface area contributed by atoms with Gasteiger partial charge < -0.3 is 24.8 Å². The molecule has 6 rings (SSSR count). The van der Waals surface area contributed by atoms with Crippen molar-refractivity contribution in [3.63, 3.8) is 0 Å². The highest BCUT2D eigenvalue weighted by molar-refractivity contribution is 6.64. The van der Waals surface area contributed by atoms with Crippen molar-refractivity contribution in [2.24, 2.45) is 0 Å². The van der Waals surface area contributed by atoms with Gasteiger partial charge in [-0.25, -0.2) is 9.97 Å². The maximum atomic E-state index is 6.54. The minimum absolute atomic E-state index is 0.0389. The molecule has 1 aliphatic carbocycles. The second-order valence-electron chi connectivity index (χ2n) is 16.9. The molecule has 2 aromatic heterocycles. The monoisotopic (exact) mass is 614 g/mol. The summed E-state index contributed by atoms with van der Waals surface area (Å²) in [5, 5.41) is 0.809. The topological polar surface area (TPSA) is 72.4 Å². The molecule has 2 aliphatic rings. The van der Waals surface area contributed by atoms with Gasteiger partial charge in [0.1, 0.15) is 116 Å². The molecule has 2 fully saturated rings. The number of hydrogen-bond donors (Lipinski definition) is 1. The summed E-state index contributed by atoms with van der Waals surface area (Å²) in [7, 11) is 26.9. The fourth-order valence-corrected chi connectivity index (χ4v) is 9.65. The largest absolute Gasteiger partial charge is 0.457 e. The first-order valence-corrected chi connectivity index (χ1v) is 17.4. The van der Waals surface area contributed by atoms with Gasteiger partial charge in [-0.05, 0) is 76.9 Å². The lowest BCUT2D eigenvalue weighted by molar-refractivity contribution is -0.0551. The van der Waals surface area contributed by atoms with Gasteiger partial charge in [0.25, 0.3) is 0 Å². The fourth-order valence-electron chi connectivity index (χ4n) is 9.65. The minimum atomic E-state index is -0.0395. The van der Waals surface area contributed by atoms with Gasteiger partial charge in [-0.1, -0.05) is 35.6 Å². The highest BCUT2D eigenvalue weighted by Gasteiger charge is 2.64. The molecule has 0 amide bonds. The number of fused-ring (bicyclic) bond motifs is 1. The lowest BCUT2D eigenvalue weighted by Gasteiger charge is -2.78. The van der Waals surface area contributed by atoms with Crippen LogP contribution in [0.4, 0.5) is 5.82 Å². The molecule has 0 radical (unpaired) electrons. The molecule has 1 saturated heterocycles. The van der Waals surface area contributed by atoms with E-state index in [0.717, 1.165) is 59.3 Å². The van der Waals surface area contributed by atoms with E-state index in [9.17, 15) is 0 Å². The van der Waals surface area contributed by atoms with Crippen LogP contribution in [0.1, 0.15) is 31.7 Å². The van der Waals surface area contributed by atoms with E-state index in [1.165, 1.54) is 0 Å². The van der Waals surface area contributed by atoms with Crippen LogP contribution in [-0.4, -0.2) is 143 Å². The van der Waals surface area contributed by atoms with Crippen molar-refractivity contribution in [3.8, 4) is 22.6 Å². The number of para-hydroxylation sites is 1. The van der Waals surface area contributed by atoms with E-state index in [1.807, 2.05) is 42.5 Å². The normalized spacial score (nSPS) is 24.1. The lowest BCUT2D eigenvalue weighted by Crippen LogP contribution is -2.95. The Labute approximate surface area is 291 Å². The number of anilines is 1. The fraction of sp³-hybridized carbons (Fsp3) is 0.379. The zero-order valence-electron chi connectivity index (χ0n) is 30.6. The maximum absolute atomic E-state index is 6.54. The molecular formula is C29H45B11N6O. The molecule has 0 bridgehead atoms. The molecular weight excluding hydrogens is 567 g/mol. The van der Waals surface area contributed by atoms with Gasteiger partial charge in [0.15, 0.2) is 0 Å². The molecule has 0 atom stereocenters. The summed E-state index contributed by atoms with van der Waals surface area (Å²) in [6, 6.07) is 18.9. The molecule has 2 aromatic carbocycles. The van der Waals surface area contributed by atoms with Crippen LogP contribution in [-0.2, 0) is 0 Å². The minimum Gasteiger partial charge on any atom is -0.457 e. The van der Waals surface area contributed by atoms with E-state index in [1.54, 1.807) is 6.33 Å². The molecule has 2 N–H and O–H groups in total. The summed E-state index contributed by atoms with van der Waals surface area (Å²) in [4.78, 5) is 14.9. The zero-order valence-corrected chi connectivity index (χ0v) is 30.6. The number of benzene rings is 2. The summed E-state index contributed by atoms with van der Waals surface area (Å²) < 4.78 is 8.44. The third-order valence-corrected chi connectivity index (χ3v) is 12.2. The number of nitrogen functional groups attached to an aromatic ring is 1. The summed E-state index contributed by atoms with van der Waals surface area (Å²) in [6.45, 7) is 0. The predicted octanol–water partition coefficient (Wildman–Crippen LogP) is -6.24. The average molecular weight is 613 g/mol. The highest BCUT2D eigenvalue weighted by atomic mass is 16.5. The second-order valence-corrected chi connectivity index (χ2v) is 16.9. The van der Waals surface area contributed by atoms with E-state index in [4.69, 9.17) is 15.5 Å². The summed E-state index contributed by atoms with van der Waals surface area (Å²) in [6.07, 6.45) is 8.32. The molecule has 1 aliphatic heterocycles. The van der Waals surface area contributed by atoms with Crippen molar-refractivity contribution in [2.75, 3.05) is 5.73 Å². The molecule has 230 valence electrons. The summed E-state index contributed by atoms with van der Waals surface area (Å²) in [5.74, 6) is 2.14. The number of aromatic nitrogens is 3. The predicted molar refractivity (Wildman–Crippen MR) is 227 cm³/mol. The van der Waals surface area contributed by atoms with Gasteiger partial charge in [-0.2, -0.15) is 0 Å². The number of nitrogens with two attached hydrogens (primary N) is 1. The molecule has 4 aromatic rings. The lowest BCUT2D eigenvalue weighted by atomic mass is 9.23. The average Bonchev–Trinajstić information content (AvgIpc) is 3.37. The van der Waals surface area contributed by atoms with Crippen molar-refractivity contribution in [3.05, 3.63) is 67.1 Å². The Morgan fingerprint density at radius 3 is 1.79 bits per heavy atom. The standard InChI is InChI=1S/C29H45B11N6O/c30-25(31)27(34,35)46(29(38,39)40)28(36,37)26(32,33)45(25)18-10-8-17(9-11-18)44-14-21(22-23(41)42-15-43-24(22)44)16-6-12-20(13-7-16)47-19-4-2-1-3-5-19/h1-7,12-15,17-18H,8-11,30-40H2,(H2,41,42,43)/t17-,18+. The van der Waals surface area contributed by atoms with E-state index < -0.39 is 0 Å². The quantitative estimate of drug-likeness (QED) is 0.219. The maximum Gasteiger partial charge on any atom is 0.146 e. The van der Waals surface area contributed by atoms with Gasteiger partial charge in [-0.3, -0.25) is 0 Å². The first-order chi connectivity index (χ1) is 21.9. The van der Waals surface area contributed by atoms with Crippen LogP contribution in [0, 0.1) is 0 Å². The molecule has 0 spiro atoms. The molecule has 1 saturated carbocycles. The highest BCUT2D eigenvalue weighted by Crippen LogP contribution is 2.48. The van der Waals surface area contributed by atoms with E-state index in [0.29, 0.717) is 17.9 Å². The van der Waals surface area contributed by atoms with Crippen molar-refractivity contribution < 1.29 is 4.74 Å². The van der Waals surface area contributed by atoms with Gasteiger partial charge in [0.2, 0.25) is 0 Å². The van der Waals surface area contributed by atoms with Crippen LogP contribution in [0.3, 0.4) is 0 Å². The van der Waals surface area contributed by atoms with Crippen molar-refractivity contribution in [2.45, 2.75) is 64.4 Å². The Morgan fingerprint density at radius 2 is 1.23 bits per heavy atom. The first-order valence-electron chi connectivity index (χ1n) is 17.4. The number of nitrogens with zero attached hydrogens (tertiary/aromatic N) is 5. The molecule has 18 heteroatoms. The van der Waals surface area contributed by atoms with Crippen molar-refractivity contribution in [1.29, 1.82) is 0 Å². The Kier molecular flexibility index (Phi) is 8.52. The van der Waals surface area contributed by atoms with Crippen molar-refractivity contribution >= 4 is 103 Å². The van der Waals surface area contributed by atoms with E-state index in [-0.39, 0.29) is 26.6 Å². The van der Waals surface area contributed by atoms with Crippen LogP contribution in [0.25, 0.3) is 22.2 Å². The Morgan fingerprint density at radius 1 is 0.702 bits per heavy atom. The molecule has 0 unspecified atom stereocenters. The Hall–Kier alpha value is -2.71. The van der Waals surface area contributed by atoms with Crippen LogP contribution >= 0.6 is 0 Å². The van der Waals surface area contributed by atoms with Crippen LogP contribution in [0.15, 0.2) is 67.1 Å². The van der Waals surface area contributed by atoms with Crippen LogP contribution in [0.5, 0.6) is 11.5 Å². The number of ether oxygens (including phenoxy) is 1. The van der Waals surface area contributed by atoms with Crippen LogP contribution < -0.4 is 10.5 Å².